The summed E-state index contributed by atoms with van der Waals surface area (Å²) in [4.78, 5) is 28.1. The van der Waals surface area contributed by atoms with Crippen LogP contribution < -0.4 is 5.32 Å². The van der Waals surface area contributed by atoms with Crippen LogP contribution in [0.15, 0.2) is 35.7 Å². The van der Waals surface area contributed by atoms with Crippen LogP contribution in [0.5, 0.6) is 0 Å². The van der Waals surface area contributed by atoms with Gasteiger partial charge in [-0.15, -0.1) is 11.3 Å². The molecular formula is C18H20N2O2S. The Balaban J connectivity index is 1.83. The summed E-state index contributed by atoms with van der Waals surface area (Å²) in [6.07, 6.45) is 0.913. The summed E-state index contributed by atoms with van der Waals surface area (Å²) in [5.41, 5.74) is 1.99. The quantitative estimate of drug-likeness (QED) is 0.911. The molecule has 1 aromatic heterocycles. The summed E-state index contributed by atoms with van der Waals surface area (Å²) in [6.45, 7) is 5.33. The summed E-state index contributed by atoms with van der Waals surface area (Å²) in [5, 5.41) is 4.99. The standard InChI is InChI=1S/C18H20N2O2S/c1-3-9-20-11-13-6-4-7-14(16(13)18(20)22)17(21)19-12(2)15-8-5-10-23-15/h4-8,10,12H,3,9,11H2,1-2H3,(H,19,21)/t12-/m1/s1. The Kier molecular flexibility index (Phi) is 4.48. The van der Waals surface area contributed by atoms with Crippen LogP contribution in [0.25, 0.3) is 0 Å². The van der Waals surface area contributed by atoms with Crippen LogP contribution in [-0.2, 0) is 6.54 Å². The lowest BCUT2D eigenvalue weighted by Gasteiger charge is -2.15. The van der Waals surface area contributed by atoms with E-state index in [1.807, 2.05) is 48.4 Å². The van der Waals surface area contributed by atoms with Crippen LogP contribution in [0, 0.1) is 0 Å². The van der Waals surface area contributed by atoms with Gasteiger partial charge in [-0.1, -0.05) is 25.1 Å². The molecule has 0 bridgehead atoms. The van der Waals surface area contributed by atoms with Crippen molar-refractivity contribution < 1.29 is 9.59 Å². The first-order valence-electron chi connectivity index (χ1n) is 7.87. The lowest BCUT2D eigenvalue weighted by atomic mass is 10.0. The van der Waals surface area contributed by atoms with Crippen molar-refractivity contribution in [1.82, 2.24) is 10.2 Å². The molecule has 0 radical (unpaired) electrons. The molecule has 0 saturated heterocycles. The van der Waals surface area contributed by atoms with Crippen LogP contribution in [0.3, 0.4) is 0 Å². The number of fused-ring (bicyclic) bond motifs is 1. The molecule has 1 aliphatic heterocycles. The second kappa shape index (κ2) is 6.54. The van der Waals surface area contributed by atoms with Gasteiger partial charge in [0.1, 0.15) is 0 Å². The van der Waals surface area contributed by atoms with Crippen molar-refractivity contribution in [3.05, 3.63) is 57.3 Å². The number of nitrogens with one attached hydrogen (secondary N) is 1. The molecule has 0 fully saturated rings. The summed E-state index contributed by atoms with van der Waals surface area (Å²) in [6, 6.07) is 9.42. The van der Waals surface area contributed by atoms with Gasteiger partial charge in [-0.05, 0) is 36.4 Å². The number of carbonyl (C=O) groups is 2. The third-order valence-electron chi connectivity index (χ3n) is 4.07. The summed E-state index contributed by atoms with van der Waals surface area (Å²) in [5.74, 6) is -0.217. The van der Waals surface area contributed by atoms with E-state index in [2.05, 4.69) is 5.32 Å². The second-order valence-electron chi connectivity index (χ2n) is 5.78. The van der Waals surface area contributed by atoms with E-state index in [4.69, 9.17) is 0 Å². The van der Waals surface area contributed by atoms with Crippen molar-refractivity contribution in [2.45, 2.75) is 32.9 Å². The molecule has 2 aromatic rings. The average molecular weight is 328 g/mol. The van der Waals surface area contributed by atoms with E-state index in [-0.39, 0.29) is 17.9 Å². The predicted octanol–water partition coefficient (Wildman–Crippen LogP) is 3.60. The lowest BCUT2D eigenvalue weighted by molar-refractivity contribution is 0.0772. The fourth-order valence-electron chi connectivity index (χ4n) is 2.94. The molecule has 0 unspecified atom stereocenters. The van der Waals surface area contributed by atoms with E-state index in [0.717, 1.165) is 23.4 Å². The molecule has 2 heterocycles. The first kappa shape index (κ1) is 15.7. The SMILES string of the molecule is CCCN1Cc2cccc(C(=O)N[C@H](C)c3cccs3)c2C1=O. The maximum absolute atomic E-state index is 12.6. The van der Waals surface area contributed by atoms with E-state index < -0.39 is 0 Å². The number of amides is 2. The van der Waals surface area contributed by atoms with E-state index in [0.29, 0.717) is 17.7 Å². The van der Waals surface area contributed by atoms with Crippen LogP contribution in [-0.4, -0.2) is 23.3 Å². The summed E-state index contributed by atoms with van der Waals surface area (Å²) < 4.78 is 0. The molecule has 1 aliphatic rings. The zero-order chi connectivity index (χ0) is 16.4. The smallest absolute Gasteiger partial charge is 0.255 e. The van der Waals surface area contributed by atoms with Crippen molar-refractivity contribution in [3.8, 4) is 0 Å². The van der Waals surface area contributed by atoms with Crippen molar-refractivity contribution in [2.24, 2.45) is 0 Å². The molecule has 0 aliphatic carbocycles. The van der Waals surface area contributed by atoms with Gasteiger partial charge in [0.2, 0.25) is 0 Å². The molecule has 0 spiro atoms. The molecule has 3 rings (SSSR count). The van der Waals surface area contributed by atoms with Crippen LogP contribution in [0.1, 0.15) is 57.5 Å². The van der Waals surface area contributed by atoms with E-state index >= 15 is 0 Å². The van der Waals surface area contributed by atoms with Crippen LogP contribution >= 0.6 is 11.3 Å². The zero-order valence-electron chi connectivity index (χ0n) is 13.3. The van der Waals surface area contributed by atoms with E-state index in [1.54, 1.807) is 17.4 Å². The number of rotatable bonds is 5. The number of hydrogen-bond donors (Lipinski definition) is 1. The Bertz CT molecular complexity index is 725. The summed E-state index contributed by atoms with van der Waals surface area (Å²) >= 11 is 1.61. The molecule has 4 nitrogen and oxygen atoms in total. The van der Waals surface area contributed by atoms with Gasteiger partial charge in [-0.25, -0.2) is 0 Å². The maximum Gasteiger partial charge on any atom is 0.255 e. The zero-order valence-corrected chi connectivity index (χ0v) is 14.2. The van der Waals surface area contributed by atoms with Gasteiger partial charge in [-0.2, -0.15) is 0 Å². The van der Waals surface area contributed by atoms with Crippen molar-refractivity contribution >= 4 is 23.2 Å². The van der Waals surface area contributed by atoms with Gasteiger partial charge in [0.05, 0.1) is 17.2 Å². The summed E-state index contributed by atoms with van der Waals surface area (Å²) in [7, 11) is 0. The van der Waals surface area contributed by atoms with Gasteiger partial charge in [0.15, 0.2) is 0 Å². The van der Waals surface area contributed by atoms with Gasteiger partial charge in [0.25, 0.3) is 11.8 Å². The third-order valence-corrected chi connectivity index (χ3v) is 5.12. The molecule has 1 N–H and O–H groups in total. The number of thiophene rings is 1. The molecule has 5 heteroatoms. The normalized spacial score (nSPS) is 14.7. The highest BCUT2D eigenvalue weighted by atomic mass is 32.1. The second-order valence-corrected chi connectivity index (χ2v) is 6.76. The minimum atomic E-state index is -0.186. The molecule has 0 saturated carbocycles. The Morgan fingerprint density at radius 3 is 2.87 bits per heavy atom. The molecule has 1 aromatic carbocycles. The largest absolute Gasteiger partial charge is 0.345 e. The number of carbonyl (C=O) groups excluding carboxylic acids is 2. The Morgan fingerprint density at radius 2 is 2.17 bits per heavy atom. The van der Waals surface area contributed by atoms with Gasteiger partial charge < -0.3 is 10.2 Å². The highest BCUT2D eigenvalue weighted by Gasteiger charge is 2.31. The molecule has 23 heavy (non-hydrogen) atoms. The van der Waals surface area contributed by atoms with Crippen LogP contribution in [0.2, 0.25) is 0 Å². The molecule has 2 amide bonds. The Morgan fingerprint density at radius 1 is 1.35 bits per heavy atom. The van der Waals surface area contributed by atoms with Crippen LogP contribution in [0.4, 0.5) is 0 Å². The van der Waals surface area contributed by atoms with E-state index in [9.17, 15) is 9.59 Å². The fraction of sp³-hybridized carbons (Fsp3) is 0.333. The lowest BCUT2D eigenvalue weighted by Crippen LogP contribution is -2.29. The maximum atomic E-state index is 12.6. The van der Waals surface area contributed by atoms with Gasteiger partial charge in [0, 0.05) is 18.0 Å². The van der Waals surface area contributed by atoms with E-state index in [1.165, 1.54) is 0 Å². The number of benzene rings is 1. The topological polar surface area (TPSA) is 49.4 Å². The minimum absolute atomic E-state index is 0.0311. The molecular weight excluding hydrogens is 308 g/mol. The highest BCUT2D eigenvalue weighted by Crippen LogP contribution is 2.27. The van der Waals surface area contributed by atoms with Crippen molar-refractivity contribution in [1.29, 1.82) is 0 Å². The van der Waals surface area contributed by atoms with Gasteiger partial charge in [-0.3, -0.25) is 9.59 Å². The monoisotopic (exact) mass is 328 g/mol. The first-order valence-corrected chi connectivity index (χ1v) is 8.75. The Hall–Kier alpha value is -2.14. The predicted molar refractivity (Wildman–Crippen MR) is 91.7 cm³/mol. The van der Waals surface area contributed by atoms with Gasteiger partial charge >= 0.3 is 0 Å². The Labute approximate surface area is 140 Å². The fourth-order valence-corrected chi connectivity index (χ4v) is 3.68. The highest BCUT2D eigenvalue weighted by molar-refractivity contribution is 7.10. The van der Waals surface area contributed by atoms with Crippen molar-refractivity contribution in [3.63, 3.8) is 0 Å². The minimum Gasteiger partial charge on any atom is -0.345 e. The average Bonchev–Trinajstić information content (AvgIpc) is 3.17. The first-order chi connectivity index (χ1) is 11.1. The molecule has 1 atom stereocenters. The third kappa shape index (κ3) is 3.01. The number of nitrogens with zero attached hydrogens (tertiary/aromatic N) is 1. The number of hydrogen-bond acceptors (Lipinski definition) is 3. The van der Waals surface area contributed by atoms with Crippen molar-refractivity contribution in [2.75, 3.05) is 6.54 Å². The molecule has 120 valence electrons.